The summed E-state index contributed by atoms with van der Waals surface area (Å²) in [7, 11) is 3.85. The van der Waals surface area contributed by atoms with Crippen molar-refractivity contribution in [3.63, 3.8) is 0 Å². The molecular weight excluding hydrogens is 228 g/mol. The van der Waals surface area contributed by atoms with Crippen molar-refractivity contribution in [3.8, 4) is 0 Å². The molecule has 1 aromatic heterocycles. The first-order valence-electron chi connectivity index (χ1n) is 5.06. The van der Waals surface area contributed by atoms with E-state index in [9.17, 15) is 4.79 Å². The van der Waals surface area contributed by atoms with Gasteiger partial charge in [-0.25, -0.2) is 0 Å². The number of aliphatic carboxylic acids is 1. The van der Waals surface area contributed by atoms with Gasteiger partial charge in [0.2, 0.25) is 5.95 Å². The van der Waals surface area contributed by atoms with E-state index in [1.54, 1.807) is 0 Å². The molecule has 0 unspecified atom stereocenters. The molecule has 1 aromatic rings. The Morgan fingerprint density at radius 2 is 2.31 bits per heavy atom. The second-order valence-corrected chi connectivity index (χ2v) is 4.81. The van der Waals surface area contributed by atoms with E-state index in [2.05, 4.69) is 15.1 Å². The standard InChI is InChI=1S/C9H14N4O2S/c1-12(6-3-4-6)8-10-11-9(13(8)2)16-5-7(14)15/h6H,3-5H2,1-2H3,(H,14,15). The summed E-state index contributed by atoms with van der Waals surface area (Å²) in [6.07, 6.45) is 2.39. The van der Waals surface area contributed by atoms with Gasteiger partial charge in [0, 0.05) is 20.1 Å². The molecule has 1 aliphatic rings. The number of anilines is 1. The van der Waals surface area contributed by atoms with Gasteiger partial charge in [-0.3, -0.25) is 9.36 Å². The van der Waals surface area contributed by atoms with Crippen LogP contribution in [0.25, 0.3) is 0 Å². The van der Waals surface area contributed by atoms with Crippen LogP contribution in [0.1, 0.15) is 12.8 Å². The number of nitrogens with zero attached hydrogens (tertiary/aromatic N) is 4. The number of aromatic nitrogens is 3. The van der Waals surface area contributed by atoms with Crippen LogP contribution in [0.3, 0.4) is 0 Å². The molecule has 2 rings (SSSR count). The van der Waals surface area contributed by atoms with Crippen LogP contribution in [0.4, 0.5) is 5.95 Å². The molecule has 1 fully saturated rings. The van der Waals surface area contributed by atoms with Gasteiger partial charge in [-0.1, -0.05) is 11.8 Å². The third kappa shape index (κ3) is 2.29. The lowest BCUT2D eigenvalue weighted by molar-refractivity contribution is -0.133. The van der Waals surface area contributed by atoms with Crippen LogP contribution in [0.5, 0.6) is 0 Å². The minimum atomic E-state index is -0.843. The monoisotopic (exact) mass is 242 g/mol. The lowest BCUT2D eigenvalue weighted by atomic mass is 10.6. The molecule has 0 aromatic carbocycles. The average Bonchev–Trinajstić information content (AvgIpc) is 3.00. The molecule has 0 aliphatic heterocycles. The molecule has 0 amide bonds. The van der Waals surface area contributed by atoms with E-state index in [4.69, 9.17) is 5.11 Å². The fourth-order valence-corrected chi connectivity index (χ4v) is 2.12. The lowest BCUT2D eigenvalue weighted by Gasteiger charge is -2.16. The number of hydrogen-bond donors (Lipinski definition) is 1. The van der Waals surface area contributed by atoms with Crippen molar-refractivity contribution in [1.29, 1.82) is 0 Å². The molecule has 0 radical (unpaired) electrons. The minimum absolute atomic E-state index is 0.0130. The van der Waals surface area contributed by atoms with E-state index in [1.807, 2.05) is 18.7 Å². The Morgan fingerprint density at radius 3 is 2.88 bits per heavy atom. The number of carboxylic acid groups (broad SMARTS) is 1. The Bertz CT molecular complexity index is 402. The average molecular weight is 242 g/mol. The Hall–Kier alpha value is -1.24. The third-order valence-electron chi connectivity index (χ3n) is 2.55. The van der Waals surface area contributed by atoms with Gasteiger partial charge in [-0.2, -0.15) is 0 Å². The Morgan fingerprint density at radius 1 is 1.62 bits per heavy atom. The third-order valence-corrected chi connectivity index (χ3v) is 3.55. The van der Waals surface area contributed by atoms with E-state index in [0.29, 0.717) is 11.2 Å². The molecular formula is C9H14N4O2S. The number of carboxylic acids is 1. The Kier molecular flexibility index (Phi) is 3.04. The van der Waals surface area contributed by atoms with E-state index < -0.39 is 5.97 Å². The molecule has 1 N–H and O–H groups in total. The van der Waals surface area contributed by atoms with Gasteiger partial charge in [0.15, 0.2) is 5.16 Å². The molecule has 0 bridgehead atoms. The predicted octanol–water partition coefficient (Wildman–Crippen LogP) is 0.590. The zero-order valence-corrected chi connectivity index (χ0v) is 10.1. The first-order valence-corrected chi connectivity index (χ1v) is 6.05. The highest BCUT2D eigenvalue weighted by atomic mass is 32.2. The van der Waals surface area contributed by atoms with Gasteiger partial charge >= 0.3 is 5.97 Å². The van der Waals surface area contributed by atoms with Crippen LogP contribution in [-0.4, -0.2) is 44.7 Å². The van der Waals surface area contributed by atoms with Crippen molar-refractivity contribution in [2.75, 3.05) is 17.7 Å². The number of carbonyl (C=O) groups is 1. The molecule has 1 saturated carbocycles. The van der Waals surface area contributed by atoms with Crippen LogP contribution in [0.15, 0.2) is 5.16 Å². The van der Waals surface area contributed by atoms with Crippen LogP contribution >= 0.6 is 11.8 Å². The highest BCUT2D eigenvalue weighted by Gasteiger charge is 2.29. The fraction of sp³-hybridized carbons (Fsp3) is 0.667. The summed E-state index contributed by atoms with van der Waals surface area (Å²) >= 11 is 1.19. The van der Waals surface area contributed by atoms with Crippen LogP contribution in [-0.2, 0) is 11.8 Å². The maximum atomic E-state index is 10.5. The first kappa shape index (κ1) is 11.3. The van der Waals surface area contributed by atoms with E-state index in [1.165, 1.54) is 24.6 Å². The van der Waals surface area contributed by atoms with Gasteiger partial charge in [0.25, 0.3) is 0 Å². The van der Waals surface area contributed by atoms with E-state index >= 15 is 0 Å². The summed E-state index contributed by atoms with van der Waals surface area (Å²) in [4.78, 5) is 12.5. The summed E-state index contributed by atoms with van der Waals surface area (Å²) in [5.41, 5.74) is 0. The number of thioether (sulfide) groups is 1. The quantitative estimate of drug-likeness (QED) is 0.762. The Balaban J connectivity index is 2.07. The van der Waals surface area contributed by atoms with Crippen LogP contribution < -0.4 is 4.90 Å². The van der Waals surface area contributed by atoms with Crippen molar-refractivity contribution in [1.82, 2.24) is 14.8 Å². The maximum absolute atomic E-state index is 10.5. The zero-order valence-electron chi connectivity index (χ0n) is 9.25. The SMILES string of the molecule is CN(c1nnc(SCC(=O)O)n1C)C1CC1. The molecule has 7 heteroatoms. The summed E-state index contributed by atoms with van der Waals surface area (Å²) in [5, 5.41) is 17.3. The second-order valence-electron chi connectivity index (χ2n) is 3.87. The normalized spacial score (nSPS) is 15.1. The van der Waals surface area contributed by atoms with E-state index in [-0.39, 0.29) is 5.75 Å². The number of rotatable bonds is 5. The smallest absolute Gasteiger partial charge is 0.313 e. The van der Waals surface area contributed by atoms with E-state index in [0.717, 1.165) is 5.95 Å². The van der Waals surface area contributed by atoms with Crippen molar-refractivity contribution in [2.45, 2.75) is 24.0 Å². The molecule has 6 nitrogen and oxygen atoms in total. The predicted molar refractivity (Wildman–Crippen MR) is 60.8 cm³/mol. The Labute approximate surface area is 97.6 Å². The van der Waals surface area contributed by atoms with Gasteiger partial charge in [-0.05, 0) is 12.8 Å². The maximum Gasteiger partial charge on any atom is 0.313 e. The van der Waals surface area contributed by atoms with Crippen molar-refractivity contribution >= 4 is 23.7 Å². The molecule has 16 heavy (non-hydrogen) atoms. The van der Waals surface area contributed by atoms with Gasteiger partial charge in [0.1, 0.15) is 0 Å². The number of hydrogen-bond acceptors (Lipinski definition) is 5. The van der Waals surface area contributed by atoms with Crippen molar-refractivity contribution in [3.05, 3.63) is 0 Å². The molecule has 88 valence electrons. The van der Waals surface area contributed by atoms with Crippen molar-refractivity contribution < 1.29 is 9.90 Å². The minimum Gasteiger partial charge on any atom is -0.481 e. The topological polar surface area (TPSA) is 71.2 Å². The van der Waals surface area contributed by atoms with Gasteiger partial charge < -0.3 is 10.0 Å². The van der Waals surface area contributed by atoms with Crippen molar-refractivity contribution in [2.24, 2.45) is 7.05 Å². The summed E-state index contributed by atoms with van der Waals surface area (Å²) in [6.45, 7) is 0. The molecule has 0 spiro atoms. The van der Waals surface area contributed by atoms with Gasteiger partial charge in [0.05, 0.1) is 5.75 Å². The van der Waals surface area contributed by atoms with Crippen LogP contribution in [0.2, 0.25) is 0 Å². The van der Waals surface area contributed by atoms with Crippen LogP contribution in [0, 0.1) is 0 Å². The summed E-state index contributed by atoms with van der Waals surface area (Å²) < 4.78 is 1.84. The second kappa shape index (κ2) is 4.32. The highest BCUT2D eigenvalue weighted by molar-refractivity contribution is 7.99. The summed E-state index contributed by atoms with van der Waals surface area (Å²) in [6, 6.07) is 0.570. The lowest BCUT2D eigenvalue weighted by Crippen LogP contribution is -2.22. The zero-order chi connectivity index (χ0) is 11.7. The molecule has 0 atom stereocenters. The van der Waals surface area contributed by atoms with Gasteiger partial charge in [-0.15, -0.1) is 10.2 Å². The first-order chi connectivity index (χ1) is 7.59. The summed E-state index contributed by atoms with van der Waals surface area (Å²) in [5.74, 6) is -0.0282. The highest BCUT2D eigenvalue weighted by Crippen LogP contribution is 2.30. The molecule has 1 aliphatic carbocycles. The molecule has 0 saturated heterocycles. The largest absolute Gasteiger partial charge is 0.481 e. The fourth-order valence-electron chi connectivity index (χ4n) is 1.49. The molecule has 1 heterocycles.